The van der Waals surface area contributed by atoms with Crippen molar-refractivity contribution in [1.82, 2.24) is 0 Å². The van der Waals surface area contributed by atoms with Gasteiger partial charge in [0.15, 0.2) is 6.61 Å². The van der Waals surface area contributed by atoms with Gasteiger partial charge in [0.2, 0.25) is 0 Å². The first-order valence-electron chi connectivity index (χ1n) is 7.93. The summed E-state index contributed by atoms with van der Waals surface area (Å²) in [5, 5.41) is 0.611. The minimum absolute atomic E-state index is 0.172. The van der Waals surface area contributed by atoms with Gasteiger partial charge in [0, 0.05) is 18.1 Å². The number of nitrogens with zero attached hydrogens (tertiary/aromatic N) is 2. The fraction of sp³-hybridized carbons (Fsp3) is 0.222. The topological polar surface area (TPSA) is 59.1 Å². The second-order valence-electron chi connectivity index (χ2n) is 5.43. The number of anilines is 2. The van der Waals surface area contributed by atoms with E-state index in [-0.39, 0.29) is 12.6 Å². The number of fused-ring (bicyclic) bond motifs is 1. The highest BCUT2D eigenvalue weighted by molar-refractivity contribution is 8.01. The number of ether oxygens (including phenoxy) is 2. The van der Waals surface area contributed by atoms with E-state index in [1.54, 1.807) is 54.7 Å². The summed E-state index contributed by atoms with van der Waals surface area (Å²) in [5.41, 5.74) is 1.45. The number of hydrogen-bond donors (Lipinski definition) is 0. The summed E-state index contributed by atoms with van der Waals surface area (Å²) in [4.78, 5) is 26.6. The van der Waals surface area contributed by atoms with Crippen LogP contribution >= 0.6 is 23.5 Å². The van der Waals surface area contributed by atoms with Crippen molar-refractivity contribution in [3.05, 3.63) is 47.5 Å². The lowest BCUT2D eigenvalue weighted by Crippen LogP contribution is -2.40. The minimum atomic E-state index is -0.432. The van der Waals surface area contributed by atoms with Crippen molar-refractivity contribution in [3.8, 4) is 5.75 Å². The quantitative estimate of drug-likeness (QED) is 0.558. The molecule has 0 saturated heterocycles. The molecule has 0 atom stereocenters. The van der Waals surface area contributed by atoms with Crippen molar-refractivity contribution in [1.29, 1.82) is 0 Å². The van der Waals surface area contributed by atoms with Crippen LogP contribution in [0.3, 0.4) is 0 Å². The lowest BCUT2D eigenvalue weighted by atomic mass is 10.2. The zero-order valence-electron chi connectivity index (χ0n) is 14.3. The van der Waals surface area contributed by atoms with E-state index in [9.17, 15) is 9.59 Å². The summed E-state index contributed by atoms with van der Waals surface area (Å²) in [6.45, 7) is 1.87. The molecular formula is C18H17ClN2O4S. The maximum absolute atomic E-state index is 12.7. The Morgan fingerprint density at radius 3 is 2.62 bits per heavy atom. The number of urea groups is 1. The Morgan fingerprint density at radius 1 is 1.19 bits per heavy atom. The molecule has 0 aliphatic carbocycles. The van der Waals surface area contributed by atoms with Crippen LogP contribution < -0.4 is 13.9 Å². The van der Waals surface area contributed by atoms with Crippen LogP contribution in [-0.4, -0.2) is 32.3 Å². The van der Waals surface area contributed by atoms with E-state index in [0.29, 0.717) is 23.1 Å². The van der Waals surface area contributed by atoms with Gasteiger partial charge in [-0.25, -0.2) is 13.9 Å². The normalized spacial score (nSPS) is 13.4. The molecule has 0 N–H and O–H groups in total. The van der Waals surface area contributed by atoms with Crippen molar-refractivity contribution in [2.75, 3.05) is 29.5 Å². The average Bonchev–Trinajstić information content (AvgIpc) is 2.64. The first-order chi connectivity index (χ1) is 12.5. The lowest BCUT2D eigenvalue weighted by Gasteiger charge is -2.33. The summed E-state index contributed by atoms with van der Waals surface area (Å²) in [6.07, 6.45) is 0. The Morgan fingerprint density at radius 2 is 1.92 bits per heavy atom. The second-order valence-corrected chi connectivity index (χ2v) is 6.85. The molecule has 3 rings (SSSR count). The number of benzene rings is 2. The maximum Gasteiger partial charge on any atom is 0.344 e. The second kappa shape index (κ2) is 7.88. The van der Waals surface area contributed by atoms with Crippen LogP contribution in [0.25, 0.3) is 0 Å². The average molecular weight is 393 g/mol. The van der Waals surface area contributed by atoms with Crippen molar-refractivity contribution in [3.63, 3.8) is 0 Å². The van der Waals surface area contributed by atoms with E-state index < -0.39 is 5.97 Å². The first-order valence-corrected chi connectivity index (χ1v) is 9.08. The summed E-state index contributed by atoms with van der Waals surface area (Å²) < 4.78 is 11.9. The Labute approximate surface area is 160 Å². The molecule has 0 aromatic heterocycles. The molecule has 2 amide bonds. The number of hydrogen-bond acceptors (Lipinski definition) is 5. The van der Waals surface area contributed by atoms with Crippen LogP contribution in [0.15, 0.2) is 47.4 Å². The highest BCUT2D eigenvalue weighted by Gasteiger charge is 2.30. The van der Waals surface area contributed by atoms with Crippen LogP contribution in [0, 0.1) is 0 Å². The van der Waals surface area contributed by atoms with E-state index in [4.69, 9.17) is 21.1 Å². The van der Waals surface area contributed by atoms with Gasteiger partial charge < -0.3 is 9.47 Å². The van der Waals surface area contributed by atoms with Crippen molar-refractivity contribution in [2.45, 2.75) is 11.8 Å². The molecule has 1 heterocycles. The van der Waals surface area contributed by atoms with Crippen LogP contribution in [0.2, 0.25) is 5.02 Å². The molecule has 0 fully saturated rings. The van der Waals surface area contributed by atoms with Crippen LogP contribution in [-0.2, 0) is 9.53 Å². The molecule has 136 valence electrons. The number of rotatable bonds is 5. The number of carbonyl (C=O) groups excluding carboxylic acids is 2. The number of carbonyl (C=O) groups is 2. The Balaban J connectivity index is 1.80. The molecule has 0 unspecified atom stereocenters. The smallest absolute Gasteiger partial charge is 0.344 e. The van der Waals surface area contributed by atoms with Gasteiger partial charge in [-0.05, 0) is 55.3 Å². The molecule has 1 aliphatic rings. The monoisotopic (exact) mass is 392 g/mol. The third kappa shape index (κ3) is 3.89. The van der Waals surface area contributed by atoms with E-state index in [1.165, 1.54) is 16.8 Å². The molecule has 0 saturated carbocycles. The molecule has 2 aromatic rings. The van der Waals surface area contributed by atoms with E-state index >= 15 is 0 Å². The molecular weight excluding hydrogens is 376 g/mol. The van der Waals surface area contributed by atoms with Crippen LogP contribution in [0.5, 0.6) is 5.75 Å². The molecule has 2 aromatic carbocycles. The van der Waals surface area contributed by atoms with Gasteiger partial charge in [0.05, 0.1) is 22.9 Å². The highest BCUT2D eigenvalue weighted by atomic mass is 35.5. The summed E-state index contributed by atoms with van der Waals surface area (Å²) in [5.74, 6) is 0.0648. The lowest BCUT2D eigenvalue weighted by molar-refractivity contribution is -0.145. The number of amides is 2. The van der Waals surface area contributed by atoms with Crippen molar-refractivity contribution < 1.29 is 19.1 Å². The summed E-state index contributed by atoms with van der Waals surface area (Å²) >= 11 is 7.24. The van der Waals surface area contributed by atoms with Crippen molar-refractivity contribution >= 4 is 46.9 Å². The van der Waals surface area contributed by atoms with Gasteiger partial charge >= 0.3 is 12.0 Å². The van der Waals surface area contributed by atoms with Crippen molar-refractivity contribution in [2.24, 2.45) is 0 Å². The SMILES string of the molecule is CCOC(=O)COc1ccc2c(c1)N(C)C(=O)N(c1ccc(Cl)cc1)S2. The summed E-state index contributed by atoms with van der Waals surface area (Å²) in [6, 6.07) is 12.2. The molecule has 0 radical (unpaired) electrons. The molecule has 0 bridgehead atoms. The van der Waals surface area contributed by atoms with Gasteiger partial charge in [0.1, 0.15) is 5.75 Å². The molecule has 8 heteroatoms. The molecule has 1 aliphatic heterocycles. The third-order valence-electron chi connectivity index (χ3n) is 3.67. The van der Waals surface area contributed by atoms with Gasteiger partial charge in [-0.15, -0.1) is 0 Å². The standard InChI is InChI=1S/C18H17ClN2O4S/c1-3-24-17(22)11-25-14-8-9-16-15(10-14)20(2)18(23)21(26-16)13-6-4-12(19)5-7-13/h4-10H,3,11H2,1-2H3. The van der Waals surface area contributed by atoms with E-state index in [1.807, 2.05) is 6.07 Å². The van der Waals surface area contributed by atoms with Crippen LogP contribution in [0.4, 0.5) is 16.2 Å². The van der Waals surface area contributed by atoms with Crippen LogP contribution in [0.1, 0.15) is 6.92 Å². The Kier molecular flexibility index (Phi) is 5.58. The number of esters is 1. The Hall–Kier alpha value is -2.38. The molecule has 0 spiro atoms. The largest absolute Gasteiger partial charge is 0.482 e. The van der Waals surface area contributed by atoms with E-state index in [2.05, 4.69) is 0 Å². The number of halogens is 1. The molecule has 6 nitrogen and oxygen atoms in total. The zero-order chi connectivity index (χ0) is 18.7. The third-order valence-corrected chi connectivity index (χ3v) is 5.01. The van der Waals surface area contributed by atoms with Gasteiger partial charge in [-0.1, -0.05) is 11.6 Å². The fourth-order valence-electron chi connectivity index (χ4n) is 2.39. The minimum Gasteiger partial charge on any atom is -0.482 e. The fourth-order valence-corrected chi connectivity index (χ4v) is 3.56. The maximum atomic E-state index is 12.7. The first kappa shape index (κ1) is 18.4. The van der Waals surface area contributed by atoms with Gasteiger partial charge in [0.25, 0.3) is 0 Å². The predicted molar refractivity (Wildman–Crippen MR) is 102 cm³/mol. The Bertz CT molecular complexity index is 828. The zero-order valence-corrected chi connectivity index (χ0v) is 15.8. The molecule has 26 heavy (non-hydrogen) atoms. The predicted octanol–water partition coefficient (Wildman–Crippen LogP) is 4.37. The van der Waals surface area contributed by atoms with Gasteiger partial charge in [-0.2, -0.15) is 0 Å². The summed E-state index contributed by atoms with van der Waals surface area (Å²) in [7, 11) is 1.69. The van der Waals surface area contributed by atoms with Gasteiger partial charge in [-0.3, -0.25) is 4.90 Å². The highest BCUT2D eigenvalue weighted by Crippen LogP contribution is 2.42. The van der Waals surface area contributed by atoms with E-state index in [0.717, 1.165) is 10.6 Å².